The summed E-state index contributed by atoms with van der Waals surface area (Å²) in [7, 11) is 1.93. The van der Waals surface area contributed by atoms with Gasteiger partial charge in [-0.1, -0.05) is 32.5 Å². The highest BCUT2D eigenvalue weighted by Crippen LogP contribution is 2.42. The van der Waals surface area contributed by atoms with Crippen LogP contribution in [0.15, 0.2) is 11.2 Å². The molecular weight excluding hydrogens is 430 g/mol. The molecule has 2 heterocycles. The Bertz CT molecular complexity index is 987. The third-order valence-corrected chi connectivity index (χ3v) is 8.53. The van der Waals surface area contributed by atoms with Crippen molar-refractivity contribution in [3.63, 3.8) is 0 Å². The minimum absolute atomic E-state index is 0.215. The number of urea groups is 1. The molecule has 1 fully saturated rings. The zero-order valence-electron chi connectivity index (χ0n) is 18.8. The Morgan fingerprint density at radius 3 is 2.68 bits per heavy atom. The molecule has 0 unspecified atom stereocenters. The normalized spacial score (nSPS) is 19.6. The quantitative estimate of drug-likeness (QED) is 0.653. The van der Waals surface area contributed by atoms with Gasteiger partial charge in [0.25, 0.3) is 0 Å². The molecule has 0 spiro atoms. The highest BCUT2D eigenvalue weighted by atomic mass is 32.2. The van der Waals surface area contributed by atoms with Gasteiger partial charge in [0.15, 0.2) is 11.0 Å². The summed E-state index contributed by atoms with van der Waals surface area (Å²) >= 11 is 3.12. The molecule has 4 rings (SSSR count). The Balaban J connectivity index is 1.42. The number of aromatic nitrogens is 3. The first-order valence-electron chi connectivity index (χ1n) is 10.9. The maximum atomic E-state index is 12.3. The molecular formula is C22H31N5O2S2. The van der Waals surface area contributed by atoms with Crippen molar-refractivity contribution in [1.29, 1.82) is 0 Å². The highest BCUT2D eigenvalue weighted by molar-refractivity contribution is 8.00. The van der Waals surface area contributed by atoms with Crippen LogP contribution in [0.3, 0.4) is 0 Å². The van der Waals surface area contributed by atoms with Crippen molar-refractivity contribution in [1.82, 2.24) is 25.4 Å². The lowest BCUT2D eigenvalue weighted by Gasteiger charge is -2.33. The molecule has 3 amide bonds. The molecule has 1 saturated carbocycles. The Morgan fingerprint density at radius 1 is 1.26 bits per heavy atom. The van der Waals surface area contributed by atoms with Crippen LogP contribution in [0.25, 0.3) is 10.7 Å². The van der Waals surface area contributed by atoms with Gasteiger partial charge in [0.1, 0.15) is 0 Å². The molecule has 7 nitrogen and oxygen atoms in total. The fraction of sp³-hybridized carbons (Fsp3) is 0.636. The van der Waals surface area contributed by atoms with Crippen molar-refractivity contribution in [2.75, 3.05) is 0 Å². The van der Waals surface area contributed by atoms with E-state index in [1.165, 1.54) is 28.6 Å². The molecule has 2 aliphatic carbocycles. The van der Waals surface area contributed by atoms with E-state index >= 15 is 0 Å². The number of rotatable bonds is 5. The summed E-state index contributed by atoms with van der Waals surface area (Å²) in [6.07, 6.45) is 5.45. The monoisotopic (exact) mass is 461 g/mol. The number of aryl methyl sites for hydroxylation is 1. The van der Waals surface area contributed by atoms with Gasteiger partial charge in [-0.15, -0.1) is 21.5 Å². The van der Waals surface area contributed by atoms with Crippen LogP contribution in [0.5, 0.6) is 0 Å². The summed E-state index contributed by atoms with van der Waals surface area (Å²) in [5, 5.41) is 14.1. The number of thioether (sulfide) groups is 1. The molecule has 2 aliphatic rings. The van der Waals surface area contributed by atoms with Gasteiger partial charge in [-0.2, -0.15) is 0 Å². The summed E-state index contributed by atoms with van der Waals surface area (Å²) in [6, 6.07) is 2.07. The molecule has 0 bridgehead atoms. The number of hydrogen-bond acceptors (Lipinski definition) is 6. The van der Waals surface area contributed by atoms with E-state index in [0.29, 0.717) is 16.5 Å². The molecule has 0 radical (unpaired) electrons. The van der Waals surface area contributed by atoms with E-state index in [1.54, 1.807) is 6.92 Å². The molecule has 31 heavy (non-hydrogen) atoms. The molecule has 0 saturated heterocycles. The van der Waals surface area contributed by atoms with E-state index in [2.05, 4.69) is 47.7 Å². The molecule has 0 aromatic carbocycles. The first-order valence-corrected chi connectivity index (χ1v) is 12.6. The van der Waals surface area contributed by atoms with Gasteiger partial charge >= 0.3 is 6.03 Å². The van der Waals surface area contributed by atoms with Crippen molar-refractivity contribution in [3.05, 3.63) is 16.5 Å². The second kappa shape index (κ2) is 8.58. The number of nitrogens with one attached hydrogen (secondary N) is 2. The minimum atomic E-state index is -0.454. The van der Waals surface area contributed by atoms with Crippen LogP contribution in [0.1, 0.15) is 57.4 Å². The average Bonchev–Trinajstić information content (AvgIpc) is 3.28. The second-order valence-electron chi connectivity index (χ2n) is 9.73. The van der Waals surface area contributed by atoms with E-state index in [0.717, 1.165) is 36.4 Å². The van der Waals surface area contributed by atoms with Crippen molar-refractivity contribution in [2.24, 2.45) is 18.4 Å². The zero-order valence-corrected chi connectivity index (χ0v) is 20.5. The number of fused-ring (bicyclic) bond motifs is 1. The largest absolute Gasteiger partial charge is 0.335 e. The summed E-state index contributed by atoms with van der Waals surface area (Å²) < 4.78 is 1.94. The standard InChI is InChI=1S/C22H31N5O2S2/c1-12(19(28)24-20(29)23-15-7-8-15)30-21-26-25-18(27(21)5)17-11-13-10-14(22(2,3)4)6-9-16(13)31-17/h11-12,14-15H,6-10H2,1-5H3,(H2,23,24,28,29)/t12-,14+/m0/s1. The predicted molar refractivity (Wildman–Crippen MR) is 124 cm³/mol. The van der Waals surface area contributed by atoms with Gasteiger partial charge in [-0.25, -0.2) is 4.79 Å². The first kappa shape index (κ1) is 22.3. The third kappa shape index (κ3) is 5.14. The number of hydrogen-bond donors (Lipinski definition) is 2. The van der Waals surface area contributed by atoms with Crippen molar-refractivity contribution in [2.45, 2.75) is 76.2 Å². The fourth-order valence-corrected chi connectivity index (χ4v) is 5.92. The Labute approximate surface area is 191 Å². The lowest BCUT2D eigenvalue weighted by molar-refractivity contribution is -0.119. The van der Waals surface area contributed by atoms with Gasteiger partial charge in [0.05, 0.1) is 10.1 Å². The summed E-state index contributed by atoms with van der Waals surface area (Å²) in [6.45, 7) is 8.76. The zero-order chi connectivity index (χ0) is 22.3. The van der Waals surface area contributed by atoms with Gasteiger partial charge in [0, 0.05) is 18.0 Å². The SMILES string of the molecule is C[C@H](Sc1nnc(-c2cc3c(s2)CC[C@@H](C(C)(C)C)C3)n1C)C(=O)NC(=O)NC1CC1. The molecule has 2 N–H and O–H groups in total. The van der Waals surface area contributed by atoms with Gasteiger partial charge in [-0.3, -0.25) is 10.1 Å². The molecule has 2 atom stereocenters. The summed E-state index contributed by atoms with van der Waals surface area (Å²) in [5.74, 6) is 1.20. The van der Waals surface area contributed by atoms with Gasteiger partial charge in [0.2, 0.25) is 5.91 Å². The number of carbonyl (C=O) groups excluding carboxylic acids is 2. The van der Waals surface area contributed by atoms with E-state index in [-0.39, 0.29) is 11.9 Å². The topological polar surface area (TPSA) is 88.9 Å². The molecule has 2 aromatic rings. The Kier molecular flexibility index (Phi) is 6.18. The van der Waals surface area contributed by atoms with E-state index in [1.807, 2.05) is 23.0 Å². The molecule has 168 valence electrons. The van der Waals surface area contributed by atoms with Crippen LogP contribution >= 0.6 is 23.1 Å². The van der Waals surface area contributed by atoms with Crippen LogP contribution in [0.4, 0.5) is 4.79 Å². The Hall–Kier alpha value is -1.87. The smallest absolute Gasteiger partial charge is 0.321 e. The predicted octanol–water partition coefficient (Wildman–Crippen LogP) is 4.16. The minimum Gasteiger partial charge on any atom is -0.335 e. The average molecular weight is 462 g/mol. The first-order chi connectivity index (χ1) is 14.6. The number of carbonyl (C=O) groups is 2. The lowest BCUT2D eigenvalue weighted by Crippen LogP contribution is -2.43. The highest BCUT2D eigenvalue weighted by Gasteiger charge is 2.31. The Morgan fingerprint density at radius 2 is 2.00 bits per heavy atom. The third-order valence-electron chi connectivity index (χ3n) is 6.16. The molecule has 0 aliphatic heterocycles. The number of nitrogens with zero attached hydrogens (tertiary/aromatic N) is 3. The van der Waals surface area contributed by atoms with Crippen LogP contribution in [0.2, 0.25) is 0 Å². The van der Waals surface area contributed by atoms with Crippen LogP contribution in [0, 0.1) is 11.3 Å². The van der Waals surface area contributed by atoms with Crippen molar-refractivity contribution >= 4 is 35.0 Å². The number of imide groups is 1. The maximum absolute atomic E-state index is 12.3. The molecule has 2 aromatic heterocycles. The van der Waals surface area contributed by atoms with Gasteiger partial charge < -0.3 is 9.88 Å². The summed E-state index contributed by atoms with van der Waals surface area (Å²) in [4.78, 5) is 26.7. The number of thiophene rings is 1. The summed E-state index contributed by atoms with van der Waals surface area (Å²) in [5.41, 5.74) is 1.76. The van der Waals surface area contributed by atoms with Crippen LogP contribution < -0.4 is 10.6 Å². The second-order valence-corrected chi connectivity index (χ2v) is 12.2. The van der Waals surface area contributed by atoms with E-state index in [4.69, 9.17) is 0 Å². The van der Waals surface area contributed by atoms with Crippen molar-refractivity contribution < 1.29 is 9.59 Å². The number of amides is 3. The van der Waals surface area contributed by atoms with E-state index in [9.17, 15) is 9.59 Å². The maximum Gasteiger partial charge on any atom is 0.321 e. The van der Waals surface area contributed by atoms with Crippen molar-refractivity contribution in [3.8, 4) is 10.7 Å². The van der Waals surface area contributed by atoms with Crippen LogP contribution in [-0.2, 0) is 24.7 Å². The van der Waals surface area contributed by atoms with Gasteiger partial charge in [-0.05, 0) is 62.0 Å². The molecule has 9 heteroatoms. The van der Waals surface area contributed by atoms with Crippen LogP contribution in [-0.4, -0.2) is 38.0 Å². The lowest BCUT2D eigenvalue weighted by atomic mass is 9.72. The fourth-order valence-electron chi connectivity index (χ4n) is 3.88. The van der Waals surface area contributed by atoms with E-state index < -0.39 is 11.3 Å².